The van der Waals surface area contributed by atoms with Crippen molar-refractivity contribution in [2.75, 3.05) is 20.6 Å². The molecule has 0 aliphatic carbocycles. The summed E-state index contributed by atoms with van der Waals surface area (Å²) in [5.74, 6) is 0.340. The van der Waals surface area contributed by atoms with Crippen molar-refractivity contribution >= 4 is 51.8 Å². The molecule has 1 N–H and O–H groups in total. The van der Waals surface area contributed by atoms with Gasteiger partial charge in [-0.3, -0.25) is 9.79 Å². The van der Waals surface area contributed by atoms with E-state index < -0.39 is 5.60 Å². The van der Waals surface area contributed by atoms with Gasteiger partial charge in [0, 0.05) is 37.5 Å². The number of carbonyl (C=O) groups excluding carboxylic acids is 1. The van der Waals surface area contributed by atoms with Gasteiger partial charge >= 0.3 is 5.97 Å². The van der Waals surface area contributed by atoms with Gasteiger partial charge in [0.15, 0.2) is 5.96 Å². The van der Waals surface area contributed by atoms with Crippen molar-refractivity contribution in [3.05, 3.63) is 22.4 Å². The normalized spacial score (nSPS) is 11.7. The molecule has 0 fully saturated rings. The molecule has 1 aromatic rings. The molecule has 1 heterocycles. The number of nitrogens with one attached hydrogen (secondary N) is 1. The Morgan fingerprint density at radius 2 is 2.09 bits per heavy atom. The largest absolute Gasteiger partial charge is 0.459 e. The molecular weight excluding hydrogens is 475 g/mol. The number of aryl methyl sites for hydroxylation is 1. The van der Waals surface area contributed by atoms with Crippen molar-refractivity contribution in [2.45, 2.75) is 32.9 Å². The number of aliphatic imine (C=N–C) groups is 1. The number of rotatable bonds is 4. The summed E-state index contributed by atoms with van der Waals surface area (Å²) in [5.41, 5.74) is 0.651. The van der Waals surface area contributed by atoms with Gasteiger partial charge in [-0.25, -0.2) is 0 Å². The van der Waals surface area contributed by atoms with E-state index in [1.807, 2.05) is 50.5 Å². The fourth-order valence-corrected chi connectivity index (χ4v) is 2.53. The predicted octanol–water partition coefficient (Wildman–Crippen LogP) is 2.75. The van der Waals surface area contributed by atoms with E-state index in [1.54, 1.807) is 7.05 Å². The van der Waals surface area contributed by atoms with Gasteiger partial charge in [-0.1, -0.05) is 0 Å². The number of carbonyl (C=O) groups is 1. The van der Waals surface area contributed by atoms with E-state index in [1.165, 1.54) is 0 Å². The Bertz CT molecular complexity index is 552. The van der Waals surface area contributed by atoms with Gasteiger partial charge in [-0.2, -0.15) is 0 Å². The van der Waals surface area contributed by atoms with Gasteiger partial charge in [-0.15, -0.1) is 24.0 Å². The maximum Gasteiger partial charge on any atom is 0.325 e. The second kappa shape index (κ2) is 9.51. The van der Waals surface area contributed by atoms with Gasteiger partial charge in [0.1, 0.15) is 12.1 Å². The van der Waals surface area contributed by atoms with Gasteiger partial charge < -0.3 is 19.5 Å². The lowest BCUT2D eigenvalue weighted by Crippen LogP contribution is -2.42. The molecule has 0 saturated heterocycles. The lowest BCUT2D eigenvalue weighted by Gasteiger charge is -2.23. The summed E-state index contributed by atoms with van der Waals surface area (Å²) >= 11 is 3.46. The van der Waals surface area contributed by atoms with Crippen molar-refractivity contribution in [2.24, 2.45) is 12.0 Å². The molecule has 0 aliphatic rings. The number of halogens is 2. The van der Waals surface area contributed by atoms with Crippen LogP contribution in [0, 0.1) is 0 Å². The fourth-order valence-electron chi connectivity index (χ4n) is 1.95. The van der Waals surface area contributed by atoms with Crippen LogP contribution in [0.5, 0.6) is 0 Å². The van der Waals surface area contributed by atoms with Crippen LogP contribution in [-0.2, 0) is 23.1 Å². The molecule has 0 saturated carbocycles. The standard InChI is InChI=1S/C15H25BrN4O2.HI/c1-15(2,3)22-13(21)8-18-14(17-4)20(6)10-12-7-11(16)9-19(12)5;/h7,9H,8,10H2,1-6H3,(H,17,18);1H. The smallest absolute Gasteiger partial charge is 0.325 e. The first-order valence-corrected chi connectivity index (χ1v) is 7.86. The maximum absolute atomic E-state index is 11.7. The zero-order chi connectivity index (χ0) is 16.9. The maximum atomic E-state index is 11.7. The van der Waals surface area contributed by atoms with Gasteiger partial charge in [-0.05, 0) is 42.8 Å². The van der Waals surface area contributed by atoms with Crippen LogP contribution in [0.4, 0.5) is 0 Å². The first-order chi connectivity index (χ1) is 10.1. The van der Waals surface area contributed by atoms with Crippen LogP contribution in [0.3, 0.4) is 0 Å². The average Bonchev–Trinajstić information content (AvgIpc) is 2.66. The quantitative estimate of drug-likeness (QED) is 0.299. The fraction of sp³-hybridized carbons (Fsp3) is 0.600. The van der Waals surface area contributed by atoms with E-state index in [0.29, 0.717) is 12.5 Å². The van der Waals surface area contributed by atoms with Gasteiger partial charge in [0.05, 0.1) is 6.54 Å². The highest BCUT2D eigenvalue weighted by Crippen LogP contribution is 2.15. The Balaban J connectivity index is 0.00000484. The zero-order valence-electron chi connectivity index (χ0n) is 14.5. The topological polar surface area (TPSA) is 58.9 Å². The Labute approximate surface area is 163 Å². The second-order valence-corrected chi connectivity index (χ2v) is 7.02. The number of hydrogen-bond donors (Lipinski definition) is 1. The molecule has 6 nitrogen and oxygen atoms in total. The summed E-state index contributed by atoms with van der Waals surface area (Å²) in [7, 11) is 5.60. The van der Waals surface area contributed by atoms with E-state index in [0.717, 1.165) is 10.2 Å². The Kier molecular flexibility index (Phi) is 9.19. The minimum absolute atomic E-state index is 0. The summed E-state index contributed by atoms with van der Waals surface area (Å²) in [5, 5.41) is 3.02. The lowest BCUT2D eigenvalue weighted by atomic mass is 10.2. The van der Waals surface area contributed by atoms with Crippen LogP contribution in [0.15, 0.2) is 21.7 Å². The van der Waals surface area contributed by atoms with E-state index in [9.17, 15) is 4.79 Å². The van der Waals surface area contributed by atoms with Crippen LogP contribution in [0.25, 0.3) is 0 Å². The molecule has 0 bridgehead atoms. The van der Waals surface area contributed by atoms with Gasteiger partial charge in [0.2, 0.25) is 0 Å². The summed E-state index contributed by atoms with van der Waals surface area (Å²) in [4.78, 5) is 17.9. The summed E-state index contributed by atoms with van der Waals surface area (Å²) in [6.07, 6.45) is 2.00. The minimum atomic E-state index is -0.483. The number of guanidine groups is 1. The second-order valence-electron chi connectivity index (χ2n) is 6.10. The van der Waals surface area contributed by atoms with E-state index >= 15 is 0 Å². The van der Waals surface area contributed by atoms with E-state index in [-0.39, 0.29) is 36.5 Å². The molecule has 0 amide bonds. The van der Waals surface area contributed by atoms with Crippen LogP contribution in [0.2, 0.25) is 0 Å². The summed E-state index contributed by atoms with van der Waals surface area (Å²) in [6.45, 7) is 6.30. The lowest BCUT2D eigenvalue weighted by molar-refractivity contribution is -0.153. The molecule has 0 radical (unpaired) electrons. The monoisotopic (exact) mass is 500 g/mol. The van der Waals surface area contributed by atoms with Crippen molar-refractivity contribution in [1.82, 2.24) is 14.8 Å². The highest BCUT2D eigenvalue weighted by molar-refractivity contribution is 14.0. The molecule has 1 rings (SSSR count). The molecule has 8 heteroatoms. The third-order valence-electron chi connectivity index (χ3n) is 2.86. The van der Waals surface area contributed by atoms with Crippen molar-refractivity contribution in [1.29, 1.82) is 0 Å². The Morgan fingerprint density at radius 3 is 2.52 bits per heavy atom. The number of nitrogens with zero attached hydrogens (tertiary/aromatic N) is 3. The molecule has 1 aromatic heterocycles. The minimum Gasteiger partial charge on any atom is -0.459 e. The molecule has 0 atom stereocenters. The molecule has 0 unspecified atom stereocenters. The number of esters is 1. The molecule has 0 aliphatic heterocycles. The molecule has 0 spiro atoms. The van der Waals surface area contributed by atoms with Gasteiger partial charge in [0.25, 0.3) is 0 Å². The van der Waals surface area contributed by atoms with E-state index in [2.05, 4.69) is 32.3 Å². The first-order valence-electron chi connectivity index (χ1n) is 7.06. The molecule has 132 valence electrons. The number of ether oxygens (including phenoxy) is 1. The summed E-state index contributed by atoms with van der Waals surface area (Å²) in [6, 6.07) is 2.05. The van der Waals surface area contributed by atoms with Crippen molar-refractivity contribution in [3.8, 4) is 0 Å². The Hall–Kier alpha value is -0.770. The average molecular weight is 501 g/mol. The molecule has 23 heavy (non-hydrogen) atoms. The van der Waals surface area contributed by atoms with Crippen molar-refractivity contribution in [3.63, 3.8) is 0 Å². The van der Waals surface area contributed by atoms with E-state index in [4.69, 9.17) is 4.74 Å². The third-order valence-corrected chi connectivity index (χ3v) is 3.29. The third kappa shape index (κ3) is 8.05. The first kappa shape index (κ1) is 22.2. The highest BCUT2D eigenvalue weighted by atomic mass is 127. The van der Waals surface area contributed by atoms with Crippen LogP contribution < -0.4 is 5.32 Å². The number of aromatic nitrogens is 1. The van der Waals surface area contributed by atoms with Crippen LogP contribution >= 0.6 is 39.9 Å². The number of hydrogen-bond acceptors (Lipinski definition) is 3. The predicted molar refractivity (Wildman–Crippen MR) is 107 cm³/mol. The Morgan fingerprint density at radius 1 is 1.48 bits per heavy atom. The highest BCUT2D eigenvalue weighted by Gasteiger charge is 2.17. The van der Waals surface area contributed by atoms with Crippen molar-refractivity contribution < 1.29 is 9.53 Å². The molecular formula is C15H26BrIN4O2. The van der Waals surface area contributed by atoms with Crippen LogP contribution in [-0.4, -0.2) is 47.6 Å². The zero-order valence-corrected chi connectivity index (χ0v) is 18.4. The molecule has 0 aromatic carbocycles. The SMILES string of the molecule is CN=C(NCC(=O)OC(C)(C)C)N(C)Cc1cc(Br)cn1C.I. The van der Waals surface area contributed by atoms with Crippen LogP contribution in [0.1, 0.15) is 26.5 Å². The summed E-state index contributed by atoms with van der Waals surface area (Å²) < 4.78 is 8.35.